The molecule has 1 aromatic carbocycles. The number of nitrogens with one attached hydrogen (secondary N) is 1. The monoisotopic (exact) mass is 307 g/mol. The Labute approximate surface area is 114 Å². The Kier molecular flexibility index (Phi) is 3.43. The summed E-state index contributed by atoms with van der Waals surface area (Å²) in [5.74, 6) is 1.36. The first-order chi connectivity index (χ1) is 8.83. The van der Waals surface area contributed by atoms with Gasteiger partial charge < -0.3 is 9.84 Å². The fraction of sp³-hybridized carbons (Fsp3) is 0.385. The van der Waals surface area contributed by atoms with Gasteiger partial charge in [-0.25, -0.2) is 0 Å². The molecular formula is C13H14BrN3O. The van der Waals surface area contributed by atoms with Crippen molar-refractivity contribution in [3.8, 4) is 11.4 Å². The fourth-order valence-electron chi connectivity index (χ4n) is 2.16. The molecule has 0 bridgehead atoms. The highest BCUT2D eigenvalue weighted by Crippen LogP contribution is 2.24. The van der Waals surface area contributed by atoms with Gasteiger partial charge in [-0.3, -0.25) is 0 Å². The second kappa shape index (κ2) is 5.20. The van der Waals surface area contributed by atoms with Gasteiger partial charge in [0.2, 0.25) is 11.7 Å². The zero-order valence-electron chi connectivity index (χ0n) is 9.90. The van der Waals surface area contributed by atoms with Gasteiger partial charge in [0.05, 0.1) is 6.04 Å². The van der Waals surface area contributed by atoms with Gasteiger partial charge in [0, 0.05) is 10.0 Å². The van der Waals surface area contributed by atoms with E-state index in [1.54, 1.807) is 0 Å². The molecule has 0 unspecified atom stereocenters. The molecule has 1 saturated heterocycles. The van der Waals surface area contributed by atoms with Crippen LogP contribution in [-0.4, -0.2) is 16.7 Å². The highest BCUT2D eigenvalue weighted by molar-refractivity contribution is 9.10. The van der Waals surface area contributed by atoms with Crippen molar-refractivity contribution in [2.24, 2.45) is 0 Å². The Morgan fingerprint density at radius 3 is 2.78 bits per heavy atom. The molecule has 1 aliphatic heterocycles. The first kappa shape index (κ1) is 11.9. The van der Waals surface area contributed by atoms with E-state index in [9.17, 15) is 0 Å². The van der Waals surface area contributed by atoms with E-state index in [0.29, 0.717) is 11.7 Å². The molecule has 2 aromatic rings. The largest absolute Gasteiger partial charge is 0.337 e. The quantitative estimate of drug-likeness (QED) is 0.924. The molecule has 94 valence electrons. The van der Waals surface area contributed by atoms with Crippen LogP contribution in [0, 0.1) is 0 Å². The minimum atomic E-state index is 0.218. The van der Waals surface area contributed by atoms with Gasteiger partial charge in [-0.1, -0.05) is 27.5 Å². The maximum absolute atomic E-state index is 5.35. The van der Waals surface area contributed by atoms with Crippen molar-refractivity contribution in [1.29, 1.82) is 0 Å². The Hall–Kier alpha value is -1.20. The summed E-state index contributed by atoms with van der Waals surface area (Å²) in [5, 5.41) is 7.46. The van der Waals surface area contributed by atoms with Gasteiger partial charge in [0.25, 0.3) is 0 Å². The van der Waals surface area contributed by atoms with Crippen LogP contribution in [-0.2, 0) is 0 Å². The number of halogens is 1. The van der Waals surface area contributed by atoms with Crippen LogP contribution in [0.5, 0.6) is 0 Å². The minimum absolute atomic E-state index is 0.218. The smallest absolute Gasteiger partial charge is 0.244 e. The zero-order valence-corrected chi connectivity index (χ0v) is 11.5. The average Bonchev–Trinajstić information content (AvgIpc) is 2.90. The lowest BCUT2D eigenvalue weighted by Crippen LogP contribution is -2.26. The predicted octanol–water partition coefficient (Wildman–Crippen LogP) is 3.31. The van der Waals surface area contributed by atoms with Gasteiger partial charge in [0.1, 0.15) is 0 Å². The third kappa shape index (κ3) is 2.47. The number of hydrogen-bond acceptors (Lipinski definition) is 4. The Morgan fingerprint density at radius 1 is 1.22 bits per heavy atom. The maximum Gasteiger partial charge on any atom is 0.244 e. The minimum Gasteiger partial charge on any atom is -0.337 e. The van der Waals surface area contributed by atoms with Crippen LogP contribution in [0.15, 0.2) is 33.3 Å². The molecule has 2 heterocycles. The molecule has 18 heavy (non-hydrogen) atoms. The summed E-state index contributed by atoms with van der Waals surface area (Å²) < 4.78 is 6.40. The van der Waals surface area contributed by atoms with Gasteiger partial charge in [-0.05, 0) is 43.7 Å². The summed E-state index contributed by atoms with van der Waals surface area (Å²) in [6, 6.07) is 8.13. The molecule has 0 radical (unpaired) electrons. The van der Waals surface area contributed by atoms with E-state index < -0.39 is 0 Å². The Bertz CT molecular complexity index is 517. The molecular weight excluding hydrogens is 294 g/mol. The van der Waals surface area contributed by atoms with Gasteiger partial charge in [-0.2, -0.15) is 4.98 Å². The van der Waals surface area contributed by atoms with Crippen LogP contribution in [0.1, 0.15) is 31.2 Å². The normalized spacial score (nSPS) is 19.9. The number of hydrogen-bond donors (Lipinski definition) is 1. The third-order valence-corrected chi connectivity index (χ3v) is 3.68. The van der Waals surface area contributed by atoms with Crippen molar-refractivity contribution in [2.75, 3.05) is 6.54 Å². The zero-order chi connectivity index (χ0) is 12.4. The third-order valence-electron chi connectivity index (χ3n) is 3.15. The summed E-state index contributed by atoms with van der Waals surface area (Å²) >= 11 is 3.41. The fourth-order valence-corrected chi connectivity index (χ4v) is 2.42. The van der Waals surface area contributed by atoms with E-state index in [1.807, 2.05) is 24.3 Å². The second-order valence-corrected chi connectivity index (χ2v) is 5.38. The van der Waals surface area contributed by atoms with E-state index in [1.165, 1.54) is 12.8 Å². The second-order valence-electron chi connectivity index (χ2n) is 4.47. The van der Waals surface area contributed by atoms with Crippen molar-refractivity contribution in [3.63, 3.8) is 0 Å². The molecule has 1 aromatic heterocycles. The lowest BCUT2D eigenvalue weighted by Gasteiger charge is -2.19. The van der Waals surface area contributed by atoms with Crippen molar-refractivity contribution < 1.29 is 4.52 Å². The molecule has 1 N–H and O–H groups in total. The number of rotatable bonds is 2. The van der Waals surface area contributed by atoms with Gasteiger partial charge >= 0.3 is 0 Å². The molecule has 0 amide bonds. The van der Waals surface area contributed by atoms with E-state index >= 15 is 0 Å². The molecule has 1 aliphatic rings. The van der Waals surface area contributed by atoms with Crippen LogP contribution in [0.2, 0.25) is 0 Å². The van der Waals surface area contributed by atoms with Gasteiger partial charge in [-0.15, -0.1) is 0 Å². The van der Waals surface area contributed by atoms with Crippen LogP contribution in [0.3, 0.4) is 0 Å². The molecule has 0 aliphatic carbocycles. The van der Waals surface area contributed by atoms with E-state index in [2.05, 4.69) is 31.4 Å². The van der Waals surface area contributed by atoms with E-state index in [-0.39, 0.29) is 6.04 Å². The number of aromatic nitrogens is 2. The summed E-state index contributed by atoms with van der Waals surface area (Å²) in [7, 11) is 0. The summed E-state index contributed by atoms with van der Waals surface area (Å²) in [6.45, 7) is 1.03. The number of nitrogens with zero attached hydrogens (tertiary/aromatic N) is 2. The highest BCUT2D eigenvalue weighted by Gasteiger charge is 2.21. The van der Waals surface area contributed by atoms with E-state index in [4.69, 9.17) is 4.52 Å². The van der Waals surface area contributed by atoms with Crippen molar-refractivity contribution in [3.05, 3.63) is 34.6 Å². The SMILES string of the molecule is Brc1ccc(-c2noc([C@@H]3CCCCN3)n2)cc1. The maximum atomic E-state index is 5.35. The molecule has 0 saturated carbocycles. The summed E-state index contributed by atoms with van der Waals surface area (Å²) in [4.78, 5) is 4.48. The molecule has 1 atom stereocenters. The van der Waals surface area contributed by atoms with Crippen molar-refractivity contribution >= 4 is 15.9 Å². The topological polar surface area (TPSA) is 51.0 Å². The lowest BCUT2D eigenvalue weighted by molar-refractivity contribution is 0.297. The molecule has 5 heteroatoms. The van der Waals surface area contributed by atoms with Crippen molar-refractivity contribution in [2.45, 2.75) is 25.3 Å². The van der Waals surface area contributed by atoms with Crippen LogP contribution in [0.4, 0.5) is 0 Å². The van der Waals surface area contributed by atoms with Crippen LogP contribution in [0.25, 0.3) is 11.4 Å². The van der Waals surface area contributed by atoms with Crippen molar-refractivity contribution in [1.82, 2.24) is 15.5 Å². The molecule has 1 fully saturated rings. The standard InChI is InChI=1S/C13H14BrN3O/c14-10-6-4-9(5-7-10)12-16-13(18-17-12)11-3-1-2-8-15-11/h4-7,11,15H,1-3,8H2/t11-/m0/s1. The first-order valence-corrected chi connectivity index (χ1v) is 6.95. The summed E-state index contributed by atoms with van der Waals surface area (Å²) in [6.07, 6.45) is 3.51. The predicted molar refractivity (Wildman–Crippen MR) is 72.0 cm³/mol. The number of piperidine rings is 1. The highest BCUT2D eigenvalue weighted by atomic mass is 79.9. The van der Waals surface area contributed by atoms with Crippen LogP contribution >= 0.6 is 15.9 Å². The number of benzene rings is 1. The molecule has 3 rings (SSSR count). The van der Waals surface area contributed by atoms with Gasteiger partial charge in [0.15, 0.2) is 0 Å². The lowest BCUT2D eigenvalue weighted by atomic mass is 10.1. The molecule has 4 nitrogen and oxygen atoms in total. The Balaban J connectivity index is 1.82. The first-order valence-electron chi connectivity index (χ1n) is 6.16. The molecule has 0 spiro atoms. The van der Waals surface area contributed by atoms with Crippen LogP contribution < -0.4 is 5.32 Å². The summed E-state index contributed by atoms with van der Waals surface area (Å²) in [5.41, 5.74) is 0.976. The Morgan fingerprint density at radius 2 is 2.06 bits per heavy atom. The average molecular weight is 308 g/mol. The van der Waals surface area contributed by atoms with E-state index in [0.717, 1.165) is 23.0 Å².